The van der Waals surface area contributed by atoms with Gasteiger partial charge < -0.3 is 9.80 Å². The van der Waals surface area contributed by atoms with Crippen LogP contribution in [0, 0.1) is 17.2 Å². The summed E-state index contributed by atoms with van der Waals surface area (Å²) in [5.41, 5.74) is 1.87. The Morgan fingerprint density at radius 1 is 1.25 bits per heavy atom. The quantitative estimate of drug-likeness (QED) is 0.721. The van der Waals surface area contributed by atoms with Gasteiger partial charge in [-0.3, -0.25) is 0 Å². The molecule has 0 aliphatic heterocycles. The largest absolute Gasteiger partial charge is 0.369 e. The number of nitrogens with zero attached hydrogens (tertiary/aromatic N) is 3. The van der Waals surface area contributed by atoms with Crippen molar-refractivity contribution in [2.45, 2.75) is 18.7 Å². The first-order chi connectivity index (χ1) is 9.49. The van der Waals surface area contributed by atoms with Crippen LogP contribution in [0.25, 0.3) is 0 Å². The summed E-state index contributed by atoms with van der Waals surface area (Å²) < 4.78 is 0. The third-order valence-electron chi connectivity index (χ3n) is 3.08. The normalized spacial score (nSPS) is 10.9. The molecule has 0 bridgehead atoms. The van der Waals surface area contributed by atoms with E-state index in [0.717, 1.165) is 35.8 Å². The Kier molecular flexibility index (Phi) is 6.90. The maximum absolute atomic E-state index is 9.49. The van der Waals surface area contributed by atoms with E-state index in [4.69, 9.17) is 0 Å². The molecule has 1 aromatic carbocycles. The lowest BCUT2D eigenvalue weighted by molar-refractivity contribution is 0.409. The molecule has 0 saturated heterocycles. The third-order valence-corrected chi connectivity index (χ3v) is 3.86. The predicted molar refractivity (Wildman–Crippen MR) is 88.5 cm³/mol. The molecule has 0 amide bonds. The fourth-order valence-corrected chi connectivity index (χ4v) is 2.71. The lowest BCUT2D eigenvalue weighted by atomic mass is 10.1. The highest BCUT2D eigenvalue weighted by atomic mass is 32.2. The lowest BCUT2D eigenvalue weighted by Gasteiger charge is -2.29. The summed E-state index contributed by atoms with van der Waals surface area (Å²) in [5, 5.41) is 9.49. The molecule has 1 rings (SSSR count). The minimum atomic E-state index is 0.571. The number of thioether (sulfide) groups is 1. The molecule has 0 saturated carbocycles. The summed E-state index contributed by atoms with van der Waals surface area (Å²) in [6.45, 7) is 7.33. The number of anilines is 1. The first-order valence-corrected chi connectivity index (χ1v) is 8.18. The lowest BCUT2D eigenvalue weighted by Crippen LogP contribution is -2.34. The van der Waals surface area contributed by atoms with E-state index in [-0.39, 0.29) is 0 Å². The molecule has 0 heterocycles. The number of rotatable bonds is 7. The SMILES string of the molecule is CSc1cccc(N(CCN(C)C)CC(C)C)c1C#N. The van der Waals surface area contributed by atoms with Gasteiger partial charge >= 0.3 is 0 Å². The minimum Gasteiger partial charge on any atom is -0.369 e. The highest BCUT2D eigenvalue weighted by Crippen LogP contribution is 2.29. The van der Waals surface area contributed by atoms with Gasteiger partial charge in [-0.05, 0) is 38.4 Å². The smallest absolute Gasteiger partial charge is 0.103 e. The number of nitriles is 1. The highest BCUT2D eigenvalue weighted by Gasteiger charge is 2.15. The molecule has 0 radical (unpaired) electrons. The Labute approximate surface area is 127 Å². The van der Waals surface area contributed by atoms with Gasteiger partial charge in [0.2, 0.25) is 0 Å². The number of hydrogen-bond donors (Lipinski definition) is 0. The van der Waals surface area contributed by atoms with Gasteiger partial charge in [-0.1, -0.05) is 19.9 Å². The third kappa shape index (κ3) is 4.73. The van der Waals surface area contributed by atoms with E-state index < -0.39 is 0 Å². The van der Waals surface area contributed by atoms with Crippen molar-refractivity contribution in [1.82, 2.24) is 4.90 Å². The molecule has 0 atom stereocenters. The van der Waals surface area contributed by atoms with Crippen molar-refractivity contribution < 1.29 is 0 Å². The minimum absolute atomic E-state index is 0.571. The van der Waals surface area contributed by atoms with Crippen LogP contribution in [0.15, 0.2) is 23.1 Å². The topological polar surface area (TPSA) is 30.3 Å². The number of benzene rings is 1. The second-order valence-electron chi connectivity index (χ2n) is 5.61. The van der Waals surface area contributed by atoms with Crippen LogP contribution in [0.5, 0.6) is 0 Å². The van der Waals surface area contributed by atoms with Crippen molar-refractivity contribution >= 4 is 17.4 Å². The van der Waals surface area contributed by atoms with Crippen molar-refractivity contribution in [1.29, 1.82) is 5.26 Å². The molecule has 0 N–H and O–H groups in total. The van der Waals surface area contributed by atoms with Crippen LogP contribution in [0.3, 0.4) is 0 Å². The number of hydrogen-bond acceptors (Lipinski definition) is 4. The average Bonchev–Trinajstić information content (AvgIpc) is 2.41. The predicted octanol–water partition coefficient (Wildman–Crippen LogP) is 3.30. The van der Waals surface area contributed by atoms with Gasteiger partial charge in [0.1, 0.15) is 6.07 Å². The van der Waals surface area contributed by atoms with Crippen molar-refractivity contribution in [2.24, 2.45) is 5.92 Å². The molecule has 0 fully saturated rings. The van der Waals surface area contributed by atoms with E-state index in [1.54, 1.807) is 11.8 Å². The Hall–Kier alpha value is -1.18. The van der Waals surface area contributed by atoms with E-state index in [1.807, 2.05) is 18.4 Å². The zero-order chi connectivity index (χ0) is 15.1. The maximum Gasteiger partial charge on any atom is 0.103 e. The first kappa shape index (κ1) is 16.9. The molecular formula is C16H25N3S. The maximum atomic E-state index is 9.49. The molecule has 4 heteroatoms. The van der Waals surface area contributed by atoms with E-state index in [1.165, 1.54) is 0 Å². The van der Waals surface area contributed by atoms with Crippen LogP contribution in [-0.2, 0) is 0 Å². The van der Waals surface area contributed by atoms with E-state index >= 15 is 0 Å². The molecule has 0 unspecified atom stereocenters. The Balaban J connectivity index is 3.09. The van der Waals surface area contributed by atoms with Crippen molar-refractivity contribution in [3.8, 4) is 6.07 Å². The van der Waals surface area contributed by atoms with Crippen LogP contribution in [0.1, 0.15) is 19.4 Å². The summed E-state index contributed by atoms with van der Waals surface area (Å²) in [5.74, 6) is 0.571. The molecule has 0 spiro atoms. The van der Waals surface area contributed by atoms with Crippen molar-refractivity contribution in [3.05, 3.63) is 23.8 Å². The molecule has 1 aromatic rings. The fourth-order valence-electron chi connectivity index (χ4n) is 2.14. The van der Waals surface area contributed by atoms with Gasteiger partial charge in [0, 0.05) is 24.5 Å². The molecule has 110 valence electrons. The standard InChI is InChI=1S/C16H25N3S/c1-13(2)12-19(10-9-18(3)4)15-7-6-8-16(20-5)14(15)11-17/h6-8,13H,9-10,12H2,1-5H3. The highest BCUT2D eigenvalue weighted by molar-refractivity contribution is 7.98. The fraction of sp³-hybridized carbons (Fsp3) is 0.562. The summed E-state index contributed by atoms with van der Waals surface area (Å²) in [6, 6.07) is 8.51. The number of likely N-dealkylation sites (N-methyl/N-ethyl adjacent to an activating group) is 1. The first-order valence-electron chi connectivity index (χ1n) is 6.96. The molecule has 20 heavy (non-hydrogen) atoms. The van der Waals surface area contributed by atoms with Gasteiger partial charge in [-0.25, -0.2) is 0 Å². The van der Waals surface area contributed by atoms with Crippen molar-refractivity contribution in [3.63, 3.8) is 0 Å². The van der Waals surface area contributed by atoms with Crippen molar-refractivity contribution in [2.75, 3.05) is 44.9 Å². The summed E-state index contributed by atoms with van der Waals surface area (Å²) in [6.07, 6.45) is 2.02. The van der Waals surface area contributed by atoms with Gasteiger partial charge in [-0.15, -0.1) is 11.8 Å². The zero-order valence-electron chi connectivity index (χ0n) is 13.2. The van der Waals surface area contributed by atoms with Gasteiger partial charge in [0.05, 0.1) is 11.3 Å². The molecule has 0 aliphatic rings. The van der Waals surface area contributed by atoms with E-state index in [2.05, 4.69) is 49.9 Å². The molecule has 0 aliphatic carbocycles. The van der Waals surface area contributed by atoms with Crippen LogP contribution >= 0.6 is 11.8 Å². The monoisotopic (exact) mass is 291 g/mol. The van der Waals surface area contributed by atoms with Gasteiger partial charge in [-0.2, -0.15) is 5.26 Å². The molecule has 3 nitrogen and oxygen atoms in total. The summed E-state index contributed by atoms with van der Waals surface area (Å²) in [4.78, 5) is 5.57. The van der Waals surface area contributed by atoms with Crippen LogP contribution in [-0.4, -0.2) is 44.9 Å². The Morgan fingerprint density at radius 2 is 1.95 bits per heavy atom. The molecular weight excluding hydrogens is 266 g/mol. The van der Waals surface area contributed by atoms with E-state index in [0.29, 0.717) is 5.92 Å². The van der Waals surface area contributed by atoms with Crippen LogP contribution in [0.2, 0.25) is 0 Å². The molecule has 0 aromatic heterocycles. The van der Waals surface area contributed by atoms with Crippen LogP contribution in [0.4, 0.5) is 5.69 Å². The van der Waals surface area contributed by atoms with Crippen LogP contribution < -0.4 is 4.90 Å². The second-order valence-corrected chi connectivity index (χ2v) is 6.46. The van der Waals surface area contributed by atoms with Gasteiger partial charge in [0.25, 0.3) is 0 Å². The van der Waals surface area contributed by atoms with E-state index in [9.17, 15) is 5.26 Å². The zero-order valence-corrected chi connectivity index (χ0v) is 14.0. The summed E-state index contributed by atoms with van der Waals surface area (Å²) in [7, 11) is 4.16. The average molecular weight is 291 g/mol. The summed E-state index contributed by atoms with van der Waals surface area (Å²) >= 11 is 1.64. The Bertz CT molecular complexity index is 463. The second kappa shape index (κ2) is 8.18. The Morgan fingerprint density at radius 3 is 2.45 bits per heavy atom. The van der Waals surface area contributed by atoms with Gasteiger partial charge in [0.15, 0.2) is 0 Å².